The molecule has 8 heteroatoms. The van der Waals surface area contributed by atoms with E-state index in [9.17, 15) is 9.59 Å². The second-order valence-corrected chi connectivity index (χ2v) is 9.05. The molecular weight excluding hydrogens is 362 g/mol. The van der Waals surface area contributed by atoms with Gasteiger partial charge in [0.05, 0.1) is 5.25 Å². The lowest BCUT2D eigenvalue weighted by Crippen LogP contribution is -2.49. The van der Waals surface area contributed by atoms with Gasteiger partial charge in [-0.1, -0.05) is 30.0 Å². The number of amides is 3. The number of carbonyl (C=O) groups is 2. The van der Waals surface area contributed by atoms with E-state index in [1.165, 1.54) is 11.8 Å². The molecule has 1 aliphatic rings. The lowest BCUT2D eigenvalue weighted by molar-refractivity contribution is -0.119. The third-order valence-corrected chi connectivity index (χ3v) is 5.03. The Hall–Kier alpha value is -2.35. The molecule has 3 rings (SSSR count). The number of hydrogen-bond acceptors (Lipinski definition) is 5. The van der Waals surface area contributed by atoms with Crippen molar-refractivity contribution in [1.82, 2.24) is 25.4 Å². The number of hydrogen-bond donors (Lipinski definition) is 2. The molecule has 0 aliphatic heterocycles. The molecule has 0 spiro atoms. The Labute approximate surface area is 163 Å². The largest absolute Gasteiger partial charge is 0.333 e. The quantitative estimate of drug-likeness (QED) is 0.769. The molecule has 7 nitrogen and oxygen atoms in total. The van der Waals surface area contributed by atoms with Gasteiger partial charge in [0.25, 0.3) is 0 Å². The summed E-state index contributed by atoms with van der Waals surface area (Å²) in [4.78, 5) is 24.3. The minimum Gasteiger partial charge on any atom is -0.333 e. The van der Waals surface area contributed by atoms with Crippen molar-refractivity contribution >= 4 is 23.7 Å². The van der Waals surface area contributed by atoms with Crippen LogP contribution >= 0.6 is 11.8 Å². The van der Waals surface area contributed by atoms with Crippen LogP contribution in [0, 0.1) is 0 Å². The van der Waals surface area contributed by atoms with Gasteiger partial charge < -0.3 is 5.32 Å². The SMILES string of the molecule is CC(Sc1nnc(C2CC2)n1-c1ccccc1)C(=O)NC(=O)NC(C)(C)C. The van der Waals surface area contributed by atoms with E-state index in [1.54, 1.807) is 6.92 Å². The standard InChI is InChI=1S/C19H25N5O2S/c1-12(16(25)20-17(26)21-19(2,3)4)27-18-23-22-15(13-10-11-13)24(18)14-8-6-5-7-9-14/h5-9,12-13H,10-11H2,1-4H3,(H2,20,21,25,26). The first kappa shape index (κ1) is 19.4. The molecule has 2 N–H and O–H groups in total. The van der Waals surface area contributed by atoms with Gasteiger partial charge in [0, 0.05) is 17.1 Å². The number of aromatic nitrogens is 3. The number of benzene rings is 1. The van der Waals surface area contributed by atoms with Gasteiger partial charge in [-0.3, -0.25) is 14.7 Å². The first-order chi connectivity index (χ1) is 12.7. The molecular formula is C19H25N5O2S. The van der Waals surface area contributed by atoms with Crippen molar-refractivity contribution in [2.75, 3.05) is 0 Å². The molecule has 0 bridgehead atoms. The van der Waals surface area contributed by atoms with E-state index in [-0.39, 0.29) is 5.91 Å². The second kappa shape index (κ2) is 7.72. The van der Waals surface area contributed by atoms with Gasteiger partial charge in [0.15, 0.2) is 5.16 Å². The molecule has 1 aromatic heterocycles. The lowest BCUT2D eigenvalue weighted by Gasteiger charge is -2.21. The molecule has 3 amide bonds. The van der Waals surface area contributed by atoms with E-state index in [4.69, 9.17) is 0 Å². The predicted molar refractivity (Wildman–Crippen MR) is 105 cm³/mol. The van der Waals surface area contributed by atoms with Crippen molar-refractivity contribution in [3.8, 4) is 5.69 Å². The van der Waals surface area contributed by atoms with Crippen molar-refractivity contribution in [2.45, 2.75) is 62.4 Å². The summed E-state index contributed by atoms with van der Waals surface area (Å²) < 4.78 is 2.02. The van der Waals surface area contributed by atoms with Crippen molar-refractivity contribution in [1.29, 1.82) is 0 Å². The van der Waals surface area contributed by atoms with Crippen molar-refractivity contribution in [3.63, 3.8) is 0 Å². The molecule has 144 valence electrons. The number of thioether (sulfide) groups is 1. The Bertz CT molecular complexity index is 824. The van der Waals surface area contributed by atoms with Crippen LogP contribution < -0.4 is 10.6 Å². The van der Waals surface area contributed by atoms with Gasteiger partial charge in [0.1, 0.15) is 5.82 Å². The molecule has 1 unspecified atom stereocenters. The summed E-state index contributed by atoms with van der Waals surface area (Å²) in [5, 5.41) is 13.9. The highest BCUT2D eigenvalue weighted by atomic mass is 32.2. The number of nitrogens with one attached hydrogen (secondary N) is 2. The van der Waals surface area contributed by atoms with E-state index in [0.29, 0.717) is 11.1 Å². The number of imide groups is 1. The lowest BCUT2D eigenvalue weighted by atomic mass is 10.1. The Balaban J connectivity index is 1.74. The zero-order chi connectivity index (χ0) is 19.6. The smallest absolute Gasteiger partial charge is 0.321 e. The summed E-state index contributed by atoms with van der Waals surface area (Å²) in [6.45, 7) is 7.33. The highest BCUT2D eigenvalue weighted by molar-refractivity contribution is 8.00. The summed E-state index contributed by atoms with van der Waals surface area (Å²) in [7, 11) is 0. The predicted octanol–water partition coefficient (Wildman–Crippen LogP) is 3.25. The Morgan fingerprint density at radius 2 is 1.85 bits per heavy atom. The van der Waals surface area contributed by atoms with Gasteiger partial charge in [-0.25, -0.2) is 4.79 Å². The summed E-state index contributed by atoms with van der Waals surface area (Å²) in [5.41, 5.74) is 0.568. The third-order valence-electron chi connectivity index (χ3n) is 3.99. The second-order valence-electron chi connectivity index (χ2n) is 7.74. The fourth-order valence-electron chi connectivity index (χ4n) is 2.58. The van der Waals surface area contributed by atoms with Crippen LogP contribution in [0.1, 0.15) is 52.3 Å². The van der Waals surface area contributed by atoms with Gasteiger partial charge in [-0.2, -0.15) is 0 Å². The molecule has 27 heavy (non-hydrogen) atoms. The van der Waals surface area contributed by atoms with Gasteiger partial charge in [-0.05, 0) is 52.7 Å². The monoisotopic (exact) mass is 387 g/mol. The third kappa shape index (κ3) is 5.09. The van der Waals surface area contributed by atoms with Crippen molar-refractivity contribution in [2.24, 2.45) is 0 Å². The zero-order valence-corrected chi connectivity index (χ0v) is 16.8. The van der Waals surface area contributed by atoms with E-state index in [2.05, 4.69) is 20.8 Å². The molecule has 1 atom stereocenters. The zero-order valence-electron chi connectivity index (χ0n) is 16.0. The Morgan fingerprint density at radius 1 is 1.19 bits per heavy atom. The van der Waals surface area contributed by atoms with Crippen LogP contribution in [0.2, 0.25) is 0 Å². The van der Waals surface area contributed by atoms with Crippen LogP contribution in [-0.4, -0.2) is 37.5 Å². The molecule has 1 aliphatic carbocycles. The minimum absolute atomic E-state index is 0.364. The molecule has 1 aromatic carbocycles. The molecule has 0 saturated heterocycles. The number of para-hydroxylation sites is 1. The van der Waals surface area contributed by atoms with Gasteiger partial charge in [0.2, 0.25) is 5.91 Å². The molecule has 2 aromatic rings. The normalized spacial score (nSPS) is 15.3. The number of urea groups is 1. The van der Waals surface area contributed by atoms with E-state index in [1.807, 2.05) is 55.7 Å². The fourth-order valence-corrected chi connectivity index (χ4v) is 3.45. The number of rotatable bonds is 5. The Kier molecular flexibility index (Phi) is 5.55. The summed E-state index contributed by atoms with van der Waals surface area (Å²) in [6.07, 6.45) is 2.22. The van der Waals surface area contributed by atoms with Crippen LogP contribution in [0.4, 0.5) is 4.79 Å². The summed E-state index contributed by atoms with van der Waals surface area (Å²) >= 11 is 1.30. The van der Waals surface area contributed by atoms with Crippen LogP contribution in [0.5, 0.6) is 0 Å². The maximum absolute atomic E-state index is 12.4. The van der Waals surface area contributed by atoms with Gasteiger partial charge in [-0.15, -0.1) is 10.2 Å². The van der Waals surface area contributed by atoms with E-state index >= 15 is 0 Å². The topological polar surface area (TPSA) is 88.9 Å². The fraction of sp³-hybridized carbons (Fsp3) is 0.474. The van der Waals surface area contributed by atoms with Crippen molar-refractivity contribution in [3.05, 3.63) is 36.2 Å². The van der Waals surface area contributed by atoms with E-state index in [0.717, 1.165) is 24.4 Å². The van der Waals surface area contributed by atoms with Crippen LogP contribution in [-0.2, 0) is 4.79 Å². The molecule has 1 heterocycles. The first-order valence-corrected chi connectivity index (χ1v) is 9.93. The number of nitrogens with zero attached hydrogens (tertiary/aromatic N) is 3. The van der Waals surface area contributed by atoms with Crippen LogP contribution in [0.25, 0.3) is 5.69 Å². The molecule has 0 radical (unpaired) electrons. The average molecular weight is 388 g/mol. The van der Waals surface area contributed by atoms with Crippen molar-refractivity contribution < 1.29 is 9.59 Å². The maximum atomic E-state index is 12.4. The van der Waals surface area contributed by atoms with Crippen LogP contribution in [0.3, 0.4) is 0 Å². The summed E-state index contributed by atoms with van der Waals surface area (Å²) in [5.74, 6) is 0.993. The van der Waals surface area contributed by atoms with Gasteiger partial charge >= 0.3 is 6.03 Å². The Morgan fingerprint density at radius 3 is 2.44 bits per heavy atom. The van der Waals surface area contributed by atoms with E-state index < -0.39 is 16.8 Å². The minimum atomic E-state index is -0.497. The number of carbonyl (C=O) groups excluding carboxylic acids is 2. The highest BCUT2D eigenvalue weighted by Crippen LogP contribution is 2.41. The molecule has 1 fully saturated rings. The first-order valence-electron chi connectivity index (χ1n) is 9.05. The summed E-state index contributed by atoms with van der Waals surface area (Å²) in [6, 6.07) is 9.40. The average Bonchev–Trinajstić information content (AvgIpc) is 3.34. The van der Waals surface area contributed by atoms with Crippen LogP contribution in [0.15, 0.2) is 35.5 Å². The molecule has 1 saturated carbocycles. The maximum Gasteiger partial charge on any atom is 0.321 e. The highest BCUT2D eigenvalue weighted by Gasteiger charge is 2.32.